The van der Waals surface area contributed by atoms with Crippen LogP contribution in [0.25, 0.3) is 6.08 Å². The van der Waals surface area contributed by atoms with Gasteiger partial charge in [-0.25, -0.2) is 0 Å². The van der Waals surface area contributed by atoms with Crippen molar-refractivity contribution in [2.24, 2.45) is 4.99 Å². The third-order valence-corrected chi connectivity index (χ3v) is 5.43. The quantitative estimate of drug-likeness (QED) is 0.392. The van der Waals surface area contributed by atoms with E-state index in [9.17, 15) is 0 Å². The minimum Gasteiger partial charge on any atom is -0.379 e. The predicted molar refractivity (Wildman–Crippen MR) is 119 cm³/mol. The molecule has 1 N–H and O–H groups in total. The van der Waals surface area contributed by atoms with Crippen molar-refractivity contribution in [3.63, 3.8) is 0 Å². The van der Waals surface area contributed by atoms with Crippen molar-refractivity contribution in [2.75, 3.05) is 66.1 Å². The number of aliphatic imine (C=N–C) groups is 1. The summed E-state index contributed by atoms with van der Waals surface area (Å²) < 4.78 is 11.3. The number of ether oxygens (including phenoxy) is 2. The van der Waals surface area contributed by atoms with E-state index in [1.807, 2.05) is 7.05 Å². The fourth-order valence-corrected chi connectivity index (χ4v) is 3.74. The molecule has 2 saturated heterocycles. The van der Waals surface area contributed by atoms with Gasteiger partial charge in [-0.05, 0) is 24.8 Å². The average Bonchev–Trinajstić information content (AvgIpc) is 3.28. The van der Waals surface area contributed by atoms with Crippen molar-refractivity contribution in [1.29, 1.82) is 0 Å². The second kappa shape index (κ2) is 12.6. The number of rotatable bonds is 9. The summed E-state index contributed by atoms with van der Waals surface area (Å²) in [7, 11) is 1.87. The van der Waals surface area contributed by atoms with E-state index in [2.05, 4.69) is 62.6 Å². The summed E-state index contributed by atoms with van der Waals surface area (Å²) in [5.74, 6) is 1.00. The number of hydrogen-bond donors (Lipinski definition) is 1. The first-order valence-corrected chi connectivity index (χ1v) is 10.9. The average molecular weight is 401 g/mol. The molecule has 1 aromatic rings. The predicted octanol–water partition coefficient (Wildman–Crippen LogP) is 2.48. The Morgan fingerprint density at radius 2 is 2.07 bits per heavy atom. The Morgan fingerprint density at radius 3 is 2.79 bits per heavy atom. The van der Waals surface area contributed by atoms with Crippen LogP contribution in [0.1, 0.15) is 24.8 Å². The molecule has 0 saturated carbocycles. The largest absolute Gasteiger partial charge is 0.379 e. The molecule has 2 aliphatic heterocycles. The van der Waals surface area contributed by atoms with E-state index in [0.717, 1.165) is 77.9 Å². The van der Waals surface area contributed by atoms with Crippen molar-refractivity contribution < 1.29 is 9.47 Å². The molecule has 0 aliphatic carbocycles. The second-order valence-corrected chi connectivity index (χ2v) is 7.64. The van der Waals surface area contributed by atoms with Crippen LogP contribution in [0.15, 0.2) is 41.4 Å². The van der Waals surface area contributed by atoms with E-state index in [-0.39, 0.29) is 0 Å². The van der Waals surface area contributed by atoms with Crippen LogP contribution in [0.3, 0.4) is 0 Å². The molecule has 2 aliphatic rings. The minimum atomic E-state index is 0.314. The Balaban J connectivity index is 1.26. The molecule has 1 aromatic carbocycles. The Morgan fingerprint density at radius 1 is 1.24 bits per heavy atom. The van der Waals surface area contributed by atoms with E-state index >= 15 is 0 Å². The van der Waals surface area contributed by atoms with Gasteiger partial charge in [0.15, 0.2) is 5.96 Å². The fraction of sp³-hybridized carbons (Fsp3) is 0.609. The van der Waals surface area contributed by atoms with Crippen LogP contribution in [0.4, 0.5) is 0 Å². The van der Waals surface area contributed by atoms with Crippen LogP contribution in [0.5, 0.6) is 0 Å². The zero-order chi connectivity index (χ0) is 20.2. The molecule has 0 radical (unpaired) electrons. The van der Waals surface area contributed by atoms with Crippen LogP contribution in [0, 0.1) is 0 Å². The van der Waals surface area contributed by atoms with Crippen LogP contribution < -0.4 is 5.32 Å². The molecule has 1 atom stereocenters. The molecule has 6 nitrogen and oxygen atoms in total. The van der Waals surface area contributed by atoms with Gasteiger partial charge in [-0.3, -0.25) is 9.89 Å². The van der Waals surface area contributed by atoms with Gasteiger partial charge in [-0.1, -0.05) is 42.5 Å². The molecule has 2 heterocycles. The van der Waals surface area contributed by atoms with E-state index in [0.29, 0.717) is 6.10 Å². The molecule has 29 heavy (non-hydrogen) atoms. The molecule has 2 fully saturated rings. The lowest BCUT2D eigenvalue weighted by Crippen LogP contribution is -2.52. The van der Waals surface area contributed by atoms with Crippen molar-refractivity contribution in [1.82, 2.24) is 15.1 Å². The summed E-state index contributed by atoms with van der Waals surface area (Å²) in [6, 6.07) is 10.5. The molecule has 0 aromatic heterocycles. The van der Waals surface area contributed by atoms with Gasteiger partial charge in [0.2, 0.25) is 0 Å². The van der Waals surface area contributed by atoms with Crippen LogP contribution in [0.2, 0.25) is 0 Å². The Kier molecular flexibility index (Phi) is 9.50. The molecule has 6 heteroatoms. The first-order chi connectivity index (χ1) is 14.3. The summed E-state index contributed by atoms with van der Waals surface area (Å²) >= 11 is 0. The van der Waals surface area contributed by atoms with Crippen molar-refractivity contribution >= 4 is 12.0 Å². The number of nitrogens with zero attached hydrogens (tertiary/aromatic N) is 3. The summed E-state index contributed by atoms with van der Waals surface area (Å²) in [4.78, 5) is 9.30. The third kappa shape index (κ3) is 7.80. The molecule has 160 valence electrons. The third-order valence-electron chi connectivity index (χ3n) is 5.43. The van der Waals surface area contributed by atoms with E-state index in [4.69, 9.17) is 9.47 Å². The Bertz CT molecular complexity index is 621. The summed E-state index contributed by atoms with van der Waals surface area (Å²) in [5.41, 5.74) is 1.26. The first-order valence-electron chi connectivity index (χ1n) is 10.9. The zero-order valence-corrected chi connectivity index (χ0v) is 17.8. The lowest BCUT2D eigenvalue weighted by molar-refractivity contribution is 0.0168. The van der Waals surface area contributed by atoms with E-state index < -0.39 is 0 Å². The van der Waals surface area contributed by atoms with Crippen LogP contribution >= 0.6 is 0 Å². The maximum atomic E-state index is 5.73. The van der Waals surface area contributed by atoms with Crippen molar-refractivity contribution in [2.45, 2.75) is 25.4 Å². The van der Waals surface area contributed by atoms with Gasteiger partial charge < -0.3 is 19.7 Å². The topological polar surface area (TPSA) is 49.3 Å². The monoisotopic (exact) mass is 400 g/mol. The van der Waals surface area contributed by atoms with Gasteiger partial charge in [-0.2, -0.15) is 0 Å². The van der Waals surface area contributed by atoms with Crippen molar-refractivity contribution in [3.8, 4) is 0 Å². The molecule has 0 amide bonds. The van der Waals surface area contributed by atoms with Gasteiger partial charge in [0, 0.05) is 59.5 Å². The number of nitrogens with one attached hydrogen (secondary N) is 1. The summed E-state index contributed by atoms with van der Waals surface area (Å²) in [6.07, 6.45) is 8.06. The fourth-order valence-electron chi connectivity index (χ4n) is 3.74. The van der Waals surface area contributed by atoms with Crippen molar-refractivity contribution in [3.05, 3.63) is 42.0 Å². The minimum absolute atomic E-state index is 0.314. The number of guanidine groups is 1. The van der Waals surface area contributed by atoms with Gasteiger partial charge in [0.25, 0.3) is 0 Å². The van der Waals surface area contributed by atoms with Crippen LogP contribution in [-0.2, 0) is 9.47 Å². The maximum absolute atomic E-state index is 5.73. The lowest BCUT2D eigenvalue weighted by Gasteiger charge is -2.36. The molecule has 0 bridgehead atoms. The molecule has 1 unspecified atom stereocenters. The number of piperazine rings is 1. The zero-order valence-electron chi connectivity index (χ0n) is 17.8. The normalized spacial score (nSPS) is 21.2. The SMILES string of the molecule is CN=C(NCCCOCC1CCCO1)N1CCN(C/C=C/c2ccccc2)CC1. The second-order valence-electron chi connectivity index (χ2n) is 7.64. The highest BCUT2D eigenvalue weighted by Gasteiger charge is 2.18. The number of hydrogen-bond acceptors (Lipinski definition) is 4. The summed E-state index contributed by atoms with van der Waals surface area (Å²) in [6.45, 7) is 8.41. The highest BCUT2D eigenvalue weighted by molar-refractivity contribution is 5.79. The molecule has 3 rings (SSSR count). The summed E-state index contributed by atoms with van der Waals surface area (Å²) in [5, 5.41) is 3.48. The maximum Gasteiger partial charge on any atom is 0.193 e. The van der Waals surface area contributed by atoms with Gasteiger partial charge >= 0.3 is 0 Å². The molecule has 0 spiro atoms. The lowest BCUT2D eigenvalue weighted by atomic mass is 10.2. The van der Waals surface area contributed by atoms with Gasteiger partial charge in [0.05, 0.1) is 12.7 Å². The Labute approximate surface area is 175 Å². The van der Waals surface area contributed by atoms with Gasteiger partial charge in [-0.15, -0.1) is 0 Å². The first kappa shape index (κ1) is 21.8. The molecular weight excluding hydrogens is 364 g/mol. The highest BCUT2D eigenvalue weighted by atomic mass is 16.5. The van der Waals surface area contributed by atoms with E-state index in [1.165, 1.54) is 12.0 Å². The van der Waals surface area contributed by atoms with Gasteiger partial charge in [0.1, 0.15) is 0 Å². The van der Waals surface area contributed by atoms with Crippen LogP contribution in [-0.4, -0.2) is 88.0 Å². The van der Waals surface area contributed by atoms with E-state index in [1.54, 1.807) is 0 Å². The smallest absolute Gasteiger partial charge is 0.193 e. The highest BCUT2D eigenvalue weighted by Crippen LogP contribution is 2.11. The Hall–Kier alpha value is -1.89. The standard InChI is InChI=1S/C23H36N4O2/c1-24-23(25-12-7-18-28-20-22-11-6-19-29-22)27-16-14-26(15-17-27)13-5-10-21-8-3-2-4-9-21/h2-5,8-10,22H,6-7,11-20H2,1H3,(H,24,25)/b10-5+. The number of benzene rings is 1. The molecular formula is C23H36N4O2.